The minimum Gasteiger partial charge on any atom is -0.494 e. The summed E-state index contributed by atoms with van der Waals surface area (Å²) in [6, 6.07) is 12.9. The summed E-state index contributed by atoms with van der Waals surface area (Å²) in [4.78, 5) is 26.4. The molecule has 4 rings (SSSR count). The normalized spacial score (nSPS) is 11.0. The van der Waals surface area contributed by atoms with Gasteiger partial charge in [-0.15, -0.1) is 0 Å². The number of benzene rings is 2. The van der Waals surface area contributed by atoms with E-state index in [0.29, 0.717) is 16.7 Å². The van der Waals surface area contributed by atoms with Crippen molar-refractivity contribution in [1.82, 2.24) is 4.57 Å². The molecule has 0 saturated carbocycles. The van der Waals surface area contributed by atoms with E-state index in [1.165, 1.54) is 31.2 Å². The van der Waals surface area contributed by atoms with Crippen LogP contribution >= 0.6 is 0 Å². The van der Waals surface area contributed by atoms with E-state index >= 15 is 0 Å². The van der Waals surface area contributed by atoms with Crippen molar-refractivity contribution in [1.29, 1.82) is 5.26 Å². The first-order valence-electron chi connectivity index (χ1n) is 10.4. The molecule has 7 heteroatoms. The second-order valence-corrected chi connectivity index (χ2v) is 7.90. The standard InChI is InChI=1S/C26H21FN2O4/c1-4-16-7-10-21-19(11-16)15(3)24(33-21)23(30)22-14(2)20(12-28)25(31)29(26(22)32)13-17-5-8-18(27)9-6-17/h5-11,32H,4,13H2,1-3H3. The number of halogens is 1. The van der Waals surface area contributed by atoms with Gasteiger partial charge in [0.25, 0.3) is 5.56 Å². The summed E-state index contributed by atoms with van der Waals surface area (Å²) in [6.45, 7) is 5.09. The molecule has 0 atom stereocenters. The van der Waals surface area contributed by atoms with Crippen molar-refractivity contribution in [2.45, 2.75) is 33.7 Å². The maximum Gasteiger partial charge on any atom is 0.271 e. The Hall–Kier alpha value is -4.18. The fourth-order valence-corrected chi connectivity index (χ4v) is 3.96. The first-order chi connectivity index (χ1) is 15.8. The van der Waals surface area contributed by atoms with Crippen LogP contribution in [0.3, 0.4) is 0 Å². The molecule has 0 fully saturated rings. The monoisotopic (exact) mass is 444 g/mol. The summed E-state index contributed by atoms with van der Waals surface area (Å²) in [6.07, 6.45) is 0.823. The van der Waals surface area contributed by atoms with Gasteiger partial charge in [-0.3, -0.25) is 14.2 Å². The maximum absolute atomic E-state index is 13.5. The van der Waals surface area contributed by atoms with Gasteiger partial charge in [-0.1, -0.05) is 25.1 Å². The molecule has 2 aromatic carbocycles. The van der Waals surface area contributed by atoms with Crippen molar-refractivity contribution in [3.8, 4) is 11.9 Å². The lowest BCUT2D eigenvalue weighted by atomic mass is 9.98. The minimum atomic E-state index is -0.734. The molecule has 0 unspecified atom stereocenters. The number of furan rings is 1. The first-order valence-corrected chi connectivity index (χ1v) is 10.4. The van der Waals surface area contributed by atoms with Crippen LogP contribution in [0.4, 0.5) is 4.39 Å². The van der Waals surface area contributed by atoms with E-state index in [4.69, 9.17) is 4.42 Å². The topological polar surface area (TPSA) is 96.2 Å². The summed E-state index contributed by atoms with van der Waals surface area (Å²) in [7, 11) is 0. The maximum atomic E-state index is 13.5. The van der Waals surface area contributed by atoms with Crippen LogP contribution in [0.25, 0.3) is 11.0 Å². The zero-order valence-corrected chi connectivity index (χ0v) is 18.4. The van der Waals surface area contributed by atoms with Crippen LogP contribution in [-0.4, -0.2) is 15.5 Å². The molecular formula is C26H21FN2O4. The lowest BCUT2D eigenvalue weighted by Gasteiger charge is -2.15. The number of aryl methyl sites for hydroxylation is 2. The third kappa shape index (κ3) is 3.70. The van der Waals surface area contributed by atoms with Crippen LogP contribution in [0.15, 0.2) is 51.7 Å². The van der Waals surface area contributed by atoms with Crippen LogP contribution in [0, 0.1) is 31.0 Å². The van der Waals surface area contributed by atoms with Gasteiger partial charge in [0.15, 0.2) is 5.76 Å². The lowest BCUT2D eigenvalue weighted by Crippen LogP contribution is -2.27. The molecule has 4 aromatic rings. The predicted octanol–water partition coefficient (Wildman–Crippen LogP) is 4.77. The highest BCUT2D eigenvalue weighted by molar-refractivity contribution is 6.12. The van der Waals surface area contributed by atoms with Crippen molar-refractivity contribution < 1.29 is 18.7 Å². The van der Waals surface area contributed by atoms with Gasteiger partial charge in [-0.2, -0.15) is 5.26 Å². The van der Waals surface area contributed by atoms with Crippen molar-refractivity contribution >= 4 is 16.8 Å². The SMILES string of the molecule is CCc1ccc2oc(C(=O)c3c(C)c(C#N)c(=O)n(Cc4ccc(F)cc4)c3O)c(C)c2c1. The van der Waals surface area contributed by atoms with Gasteiger partial charge in [-0.25, -0.2) is 4.39 Å². The van der Waals surface area contributed by atoms with Crippen LogP contribution in [0.1, 0.15) is 50.9 Å². The van der Waals surface area contributed by atoms with Crippen LogP contribution < -0.4 is 5.56 Å². The largest absolute Gasteiger partial charge is 0.494 e. The highest BCUT2D eigenvalue weighted by Gasteiger charge is 2.28. The number of hydrogen-bond donors (Lipinski definition) is 1. The Morgan fingerprint density at radius 3 is 2.42 bits per heavy atom. The molecule has 2 heterocycles. The van der Waals surface area contributed by atoms with Gasteiger partial charge in [0.1, 0.15) is 23.0 Å². The lowest BCUT2D eigenvalue weighted by molar-refractivity contribution is 0.101. The Labute approximate surface area is 189 Å². The average molecular weight is 444 g/mol. The zero-order valence-electron chi connectivity index (χ0n) is 18.4. The van der Waals surface area contributed by atoms with E-state index in [-0.39, 0.29) is 29.0 Å². The van der Waals surface area contributed by atoms with Crippen molar-refractivity contribution in [3.63, 3.8) is 0 Å². The van der Waals surface area contributed by atoms with Crippen LogP contribution in [0.5, 0.6) is 5.88 Å². The molecule has 2 aromatic heterocycles. The molecule has 0 spiro atoms. The van der Waals surface area contributed by atoms with E-state index in [0.717, 1.165) is 21.9 Å². The predicted molar refractivity (Wildman–Crippen MR) is 121 cm³/mol. The highest BCUT2D eigenvalue weighted by atomic mass is 19.1. The molecule has 0 aliphatic heterocycles. The Kier molecular flexibility index (Phi) is 5.60. The molecule has 0 bridgehead atoms. The first kappa shape index (κ1) is 22.0. The fraction of sp³-hybridized carbons (Fsp3) is 0.192. The van der Waals surface area contributed by atoms with Gasteiger partial charge in [0.05, 0.1) is 12.1 Å². The summed E-state index contributed by atoms with van der Waals surface area (Å²) in [5.41, 5.74) is 1.67. The fourth-order valence-electron chi connectivity index (χ4n) is 3.96. The molecule has 0 aliphatic carbocycles. The van der Waals surface area contributed by atoms with Crippen molar-refractivity contribution in [2.75, 3.05) is 0 Å². The number of ketones is 1. The zero-order chi connectivity index (χ0) is 23.9. The average Bonchev–Trinajstić information content (AvgIpc) is 3.14. The van der Waals surface area contributed by atoms with E-state index in [1.807, 2.05) is 25.1 Å². The van der Waals surface area contributed by atoms with Crippen LogP contribution in [-0.2, 0) is 13.0 Å². The summed E-state index contributed by atoms with van der Waals surface area (Å²) < 4.78 is 20.0. The van der Waals surface area contributed by atoms with E-state index in [2.05, 4.69) is 0 Å². The van der Waals surface area contributed by atoms with E-state index < -0.39 is 23.0 Å². The van der Waals surface area contributed by atoms with Crippen molar-refractivity contribution in [3.05, 3.63) is 97.8 Å². The summed E-state index contributed by atoms with van der Waals surface area (Å²) >= 11 is 0. The molecule has 6 nitrogen and oxygen atoms in total. The van der Waals surface area contributed by atoms with Gasteiger partial charge < -0.3 is 9.52 Å². The molecule has 0 amide bonds. The molecule has 0 radical (unpaired) electrons. The Morgan fingerprint density at radius 1 is 1.12 bits per heavy atom. The van der Waals surface area contributed by atoms with Gasteiger partial charge >= 0.3 is 0 Å². The number of hydrogen-bond acceptors (Lipinski definition) is 5. The van der Waals surface area contributed by atoms with E-state index in [9.17, 15) is 24.3 Å². The van der Waals surface area contributed by atoms with Gasteiger partial charge in [0, 0.05) is 10.9 Å². The Morgan fingerprint density at radius 2 is 1.79 bits per heavy atom. The van der Waals surface area contributed by atoms with Crippen molar-refractivity contribution in [2.24, 2.45) is 0 Å². The number of rotatable bonds is 5. The van der Waals surface area contributed by atoms with Gasteiger partial charge in [0.2, 0.25) is 11.7 Å². The molecule has 1 N–H and O–H groups in total. The van der Waals surface area contributed by atoms with Gasteiger partial charge in [-0.05, 0) is 61.2 Å². The second-order valence-electron chi connectivity index (χ2n) is 7.90. The number of aromatic nitrogens is 1. The molecule has 0 saturated heterocycles. The molecular weight excluding hydrogens is 423 g/mol. The molecule has 166 valence electrons. The summed E-state index contributed by atoms with van der Waals surface area (Å²) in [5, 5.41) is 21.4. The number of carbonyl (C=O) groups is 1. The number of aromatic hydroxyl groups is 1. The highest BCUT2D eigenvalue weighted by Crippen LogP contribution is 2.32. The second kappa shape index (κ2) is 8.40. The van der Waals surface area contributed by atoms with Crippen LogP contribution in [0.2, 0.25) is 0 Å². The Balaban J connectivity index is 1.90. The van der Waals surface area contributed by atoms with E-state index in [1.54, 1.807) is 13.0 Å². The molecule has 0 aliphatic rings. The molecule has 33 heavy (non-hydrogen) atoms. The number of nitrogens with zero attached hydrogens (tertiary/aromatic N) is 2. The minimum absolute atomic E-state index is 0.0347. The number of carbonyl (C=O) groups excluding carboxylic acids is 1. The number of pyridine rings is 1. The number of fused-ring (bicyclic) bond motifs is 1. The summed E-state index contributed by atoms with van der Waals surface area (Å²) in [5.74, 6) is -1.60. The Bertz CT molecular complexity index is 1510. The number of nitriles is 1. The quantitative estimate of drug-likeness (QED) is 0.447. The third-order valence-corrected chi connectivity index (χ3v) is 5.90. The smallest absolute Gasteiger partial charge is 0.271 e. The third-order valence-electron chi connectivity index (χ3n) is 5.90.